The number of thioether (sulfide) groups is 1. The second kappa shape index (κ2) is 10.9. The maximum Gasteiger partial charge on any atom is 0.252 e. The maximum atomic E-state index is 12.4. The van der Waals surface area contributed by atoms with Gasteiger partial charge in [0.25, 0.3) is 5.91 Å². The van der Waals surface area contributed by atoms with Crippen molar-refractivity contribution in [1.82, 2.24) is 25.1 Å². The molecule has 2 heterocycles. The van der Waals surface area contributed by atoms with E-state index in [1.54, 1.807) is 18.0 Å². The Labute approximate surface area is 195 Å². The Morgan fingerprint density at radius 2 is 2.07 bits per heavy atom. The van der Waals surface area contributed by atoms with Crippen molar-refractivity contribution in [2.45, 2.75) is 38.9 Å². The van der Waals surface area contributed by atoms with E-state index in [1.807, 2.05) is 28.9 Å². The van der Waals surface area contributed by atoms with Crippen LogP contribution >= 0.6 is 34.4 Å². The minimum atomic E-state index is -0.0791. The minimum absolute atomic E-state index is 0.0791. The van der Waals surface area contributed by atoms with E-state index in [-0.39, 0.29) is 5.91 Å². The minimum Gasteiger partial charge on any atom is -0.369 e. The van der Waals surface area contributed by atoms with E-state index in [0.717, 1.165) is 44.3 Å². The van der Waals surface area contributed by atoms with Crippen LogP contribution in [0.1, 0.15) is 37.6 Å². The summed E-state index contributed by atoms with van der Waals surface area (Å²) in [5.41, 5.74) is 1.47. The molecule has 0 unspecified atom stereocenters. The smallest absolute Gasteiger partial charge is 0.252 e. The molecule has 2 N–H and O–H groups in total. The largest absolute Gasteiger partial charge is 0.369 e. The van der Waals surface area contributed by atoms with Crippen LogP contribution < -0.4 is 10.6 Å². The summed E-state index contributed by atoms with van der Waals surface area (Å²) >= 11 is 3.82. The first kappa shape index (κ1) is 22.8. The van der Waals surface area contributed by atoms with Gasteiger partial charge in [0.15, 0.2) is 10.8 Å². The Bertz CT molecular complexity index is 1010. The van der Waals surface area contributed by atoms with E-state index < -0.39 is 0 Å². The number of nitrogens with one attached hydrogen (secondary N) is 2. The molecule has 0 fully saturated rings. The fourth-order valence-corrected chi connectivity index (χ4v) is 4.13. The average Bonchev–Trinajstić information content (AvgIpc) is 3.13. The molecule has 1 amide bonds. The summed E-state index contributed by atoms with van der Waals surface area (Å²) in [4.78, 5) is 21.9. The zero-order valence-electron chi connectivity index (χ0n) is 17.5. The lowest BCUT2D eigenvalue weighted by Crippen LogP contribution is -2.28. The number of aromatic nitrogens is 4. The highest BCUT2D eigenvalue weighted by Crippen LogP contribution is 2.25. The maximum absolute atomic E-state index is 12.4. The normalized spacial score (nSPS) is 11.2. The van der Waals surface area contributed by atoms with Gasteiger partial charge in [-0.2, -0.15) is 5.10 Å². The fraction of sp³-hybridized carbons (Fsp3) is 0.429. The number of anilines is 1. The summed E-state index contributed by atoms with van der Waals surface area (Å²) in [5.74, 6) is 2.22. The molecule has 160 valence electrons. The molecule has 0 aliphatic carbocycles. The number of benzene rings is 1. The Morgan fingerprint density at radius 1 is 1.27 bits per heavy atom. The number of hydrogen-bond donors (Lipinski definition) is 2. The standard InChI is InChI=1S/C21H27IN6OS/c1-4-11-30-21-26-18(24-12-14(2)3)16-13-25-28(19(16)27-21)10-9-23-20(29)15-7-5-6-8-17(15)22/h5-8,13-14H,4,9-12H2,1-3H3,(H,23,29)(H,24,26,27). The zero-order chi connectivity index (χ0) is 21.5. The molecule has 0 radical (unpaired) electrons. The molecule has 0 bridgehead atoms. The molecule has 1 aromatic carbocycles. The van der Waals surface area contributed by atoms with Crippen LogP contribution in [0, 0.1) is 9.49 Å². The third-order valence-electron chi connectivity index (χ3n) is 4.32. The average molecular weight is 538 g/mol. The molecule has 0 saturated heterocycles. The summed E-state index contributed by atoms with van der Waals surface area (Å²) < 4.78 is 2.77. The lowest BCUT2D eigenvalue weighted by Gasteiger charge is -2.11. The van der Waals surface area contributed by atoms with E-state index in [0.29, 0.717) is 24.6 Å². The van der Waals surface area contributed by atoms with Gasteiger partial charge in [-0.1, -0.05) is 44.7 Å². The molecule has 3 rings (SSSR count). The highest BCUT2D eigenvalue weighted by molar-refractivity contribution is 14.1. The second-order valence-corrected chi connectivity index (χ2v) is 9.54. The molecule has 0 saturated carbocycles. The van der Waals surface area contributed by atoms with Crippen LogP contribution in [0.15, 0.2) is 35.6 Å². The number of halogens is 1. The lowest BCUT2D eigenvalue weighted by molar-refractivity contribution is 0.0951. The quantitative estimate of drug-likeness (QED) is 0.226. The number of rotatable bonds is 10. The summed E-state index contributed by atoms with van der Waals surface area (Å²) in [7, 11) is 0. The van der Waals surface area contributed by atoms with Gasteiger partial charge in [0.2, 0.25) is 0 Å². The van der Waals surface area contributed by atoms with Gasteiger partial charge in [-0.05, 0) is 47.1 Å². The summed E-state index contributed by atoms with van der Waals surface area (Å²) in [6.45, 7) is 8.31. The molecule has 9 heteroatoms. The van der Waals surface area contributed by atoms with Gasteiger partial charge >= 0.3 is 0 Å². The first-order valence-electron chi connectivity index (χ1n) is 10.1. The van der Waals surface area contributed by atoms with Crippen molar-refractivity contribution in [3.05, 3.63) is 39.6 Å². The van der Waals surface area contributed by atoms with Gasteiger partial charge < -0.3 is 10.6 Å². The molecule has 0 spiro atoms. The first-order chi connectivity index (χ1) is 14.5. The topological polar surface area (TPSA) is 84.7 Å². The van der Waals surface area contributed by atoms with E-state index in [1.165, 1.54) is 0 Å². The van der Waals surface area contributed by atoms with Crippen molar-refractivity contribution in [3.8, 4) is 0 Å². The molecule has 7 nitrogen and oxygen atoms in total. The van der Waals surface area contributed by atoms with Crippen LogP contribution in [0.4, 0.5) is 5.82 Å². The Morgan fingerprint density at radius 3 is 2.80 bits per heavy atom. The molecule has 0 aliphatic heterocycles. The van der Waals surface area contributed by atoms with E-state index in [4.69, 9.17) is 9.97 Å². The predicted octanol–water partition coefficient (Wildman–Crippen LogP) is 4.43. The molecule has 0 atom stereocenters. The third-order valence-corrected chi connectivity index (χ3v) is 6.31. The Hall–Kier alpha value is -1.88. The molecule has 0 aliphatic rings. The van der Waals surface area contributed by atoms with Crippen LogP contribution in [0.25, 0.3) is 11.0 Å². The molecule has 3 aromatic rings. The Balaban J connectivity index is 1.75. The summed E-state index contributed by atoms with van der Waals surface area (Å²) in [6.07, 6.45) is 2.86. The van der Waals surface area contributed by atoms with Crippen molar-refractivity contribution >= 4 is 57.1 Å². The second-order valence-electron chi connectivity index (χ2n) is 7.32. The summed E-state index contributed by atoms with van der Waals surface area (Å²) in [6, 6.07) is 7.55. The van der Waals surface area contributed by atoms with Crippen molar-refractivity contribution in [3.63, 3.8) is 0 Å². The van der Waals surface area contributed by atoms with E-state index in [2.05, 4.69) is 59.1 Å². The number of hydrogen-bond acceptors (Lipinski definition) is 6. The van der Waals surface area contributed by atoms with Gasteiger partial charge in [0.1, 0.15) is 5.82 Å². The van der Waals surface area contributed by atoms with Gasteiger partial charge in [-0.3, -0.25) is 4.79 Å². The van der Waals surface area contributed by atoms with Crippen LogP contribution in [-0.4, -0.2) is 44.5 Å². The van der Waals surface area contributed by atoms with E-state index >= 15 is 0 Å². The fourth-order valence-electron chi connectivity index (χ4n) is 2.81. The molecular weight excluding hydrogens is 511 g/mol. The van der Waals surface area contributed by atoms with Crippen LogP contribution in [0.5, 0.6) is 0 Å². The lowest BCUT2D eigenvalue weighted by atomic mass is 10.2. The van der Waals surface area contributed by atoms with Crippen LogP contribution in [0.3, 0.4) is 0 Å². The first-order valence-corrected chi connectivity index (χ1v) is 12.2. The number of amides is 1. The van der Waals surface area contributed by atoms with Gasteiger partial charge in [0, 0.05) is 22.4 Å². The molecule has 2 aromatic heterocycles. The van der Waals surface area contributed by atoms with Crippen molar-refractivity contribution < 1.29 is 4.79 Å². The Kier molecular flexibility index (Phi) is 8.32. The molecular formula is C21H27IN6OS. The van der Waals surface area contributed by atoms with Crippen LogP contribution in [0.2, 0.25) is 0 Å². The number of nitrogens with zero attached hydrogens (tertiary/aromatic N) is 4. The number of carbonyl (C=O) groups is 1. The monoisotopic (exact) mass is 538 g/mol. The van der Waals surface area contributed by atoms with Gasteiger partial charge in [0.05, 0.1) is 23.7 Å². The SMILES string of the molecule is CCCSc1nc(NCC(C)C)c2cnn(CCNC(=O)c3ccccc3I)c2n1. The van der Waals surface area contributed by atoms with Crippen molar-refractivity contribution in [2.24, 2.45) is 5.92 Å². The van der Waals surface area contributed by atoms with Gasteiger partial charge in [-0.15, -0.1) is 0 Å². The van der Waals surface area contributed by atoms with E-state index in [9.17, 15) is 4.79 Å². The summed E-state index contributed by atoms with van der Waals surface area (Å²) in [5, 5.41) is 12.6. The van der Waals surface area contributed by atoms with Crippen molar-refractivity contribution in [1.29, 1.82) is 0 Å². The van der Waals surface area contributed by atoms with Crippen molar-refractivity contribution in [2.75, 3.05) is 24.2 Å². The third kappa shape index (κ3) is 5.84. The number of fused-ring (bicyclic) bond motifs is 1. The highest BCUT2D eigenvalue weighted by Gasteiger charge is 2.14. The predicted molar refractivity (Wildman–Crippen MR) is 131 cm³/mol. The number of carbonyl (C=O) groups excluding carboxylic acids is 1. The highest BCUT2D eigenvalue weighted by atomic mass is 127. The van der Waals surface area contributed by atoms with Gasteiger partial charge in [-0.25, -0.2) is 14.6 Å². The van der Waals surface area contributed by atoms with Crippen LogP contribution in [-0.2, 0) is 6.54 Å². The molecule has 30 heavy (non-hydrogen) atoms. The zero-order valence-corrected chi connectivity index (χ0v) is 20.5.